The summed E-state index contributed by atoms with van der Waals surface area (Å²) in [6, 6.07) is 5.70. The molecule has 1 rings (SSSR count). The van der Waals surface area contributed by atoms with Crippen LogP contribution in [-0.2, 0) is 0 Å². The van der Waals surface area contributed by atoms with Crippen molar-refractivity contribution in [3.63, 3.8) is 0 Å². The van der Waals surface area contributed by atoms with Crippen molar-refractivity contribution in [1.82, 2.24) is 0 Å². The molecule has 0 bridgehead atoms. The molecule has 1 unspecified atom stereocenters. The van der Waals surface area contributed by atoms with Crippen LogP contribution in [0.4, 0.5) is 13.2 Å². The molecule has 0 aliphatic rings. The van der Waals surface area contributed by atoms with E-state index in [2.05, 4.69) is 11.7 Å². The lowest BCUT2D eigenvalue weighted by molar-refractivity contribution is -0.274. The number of halogens is 3. The second-order valence-electron chi connectivity index (χ2n) is 3.02. The Bertz CT molecular complexity index is 287. The van der Waals surface area contributed by atoms with Gasteiger partial charge in [-0.15, -0.1) is 13.2 Å². The van der Waals surface area contributed by atoms with Gasteiger partial charge in [0.2, 0.25) is 0 Å². The van der Waals surface area contributed by atoms with E-state index in [4.69, 9.17) is 0 Å². The van der Waals surface area contributed by atoms with Gasteiger partial charge in [-0.2, -0.15) is 0 Å². The summed E-state index contributed by atoms with van der Waals surface area (Å²) in [5, 5.41) is 0. The van der Waals surface area contributed by atoms with Crippen LogP contribution in [-0.4, -0.2) is 6.36 Å². The highest BCUT2D eigenvalue weighted by Crippen LogP contribution is 2.24. The maximum atomic E-state index is 11.8. The van der Waals surface area contributed by atoms with Gasteiger partial charge in [-0.25, -0.2) is 0 Å². The summed E-state index contributed by atoms with van der Waals surface area (Å²) < 4.78 is 39.0. The smallest absolute Gasteiger partial charge is 0.406 e. The summed E-state index contributed by atoms with van der Waals surface area (Å²) in [4.78, 5) is 0. The van der Waals surface area contributed by atoms with Crippen LogP contribution in [0.15, 0.2) is 24.3 Å². The van der Waals surface area contributed by atoms with E-state index in [1.165, 1.54) is 12.1 Å². The molecule has 0 saturated heterocycles. The van der Waals surface area contributed by atoms with Crippen LogP contribution in [0.1, 0.15) is 18.4 Å². The lowest BCUT2D eigenvalue weighted by Crippen LogP contribution is -2.17. The maximum Gasteiger partial charge on any atom is 0.573 e. The number of hydrogen-bond donors (Lipinski definition) is 0. The van der Waals surface area contributed by atoms with Crippen LogP contribution in [0.5, 0.6) is 5.75 Å². The van der Waals surface area contributed by atoms with Crippen LogP contribution in [0.2, 0.25) is 0 Å². The first kappa shape index (κ1) is 10.9. The molecule has 0 aliphatic carbocycles. The van der Waals surface area contributed by atoms with E-state index < -0.39 is 6.36 Å². The molecule has 0 aliphatic heterocycles. The summed E-state index contributed by atoms with van der Waals surface area (Å²) in [7, 11) is 0. The predicted octanol–water partition coefficient (Wildman–Crippen LogP) is 3.52. The first-order chi connectivity index (χ1) is 6.38. The third kappa shape index (κ3) is 3.28. The van der Waals surface area contributed by atoms with Crippen molar-refractivity contribution in [1.29, 1.82) is 0 Å². The minimum absolute atomic E-state index is 0.0509. The van der Waals surface area contributed by atoms with E-state index in [-0.39, 0.29) is 11.7 Å². The van der Waals surface area contributed by atoms with Gasteiger partial charge in [0.1, 0.15) is 5.75 Å². The molecule has 0 aromatic heterocycles. The van der Waals surface area contributed by atoms with E-state index in [1.807, 2.05) is 6.92 Å². The number of benzene rings is 1. The third-order valence-electron chi connectivity index (χ3n) is 1.68. The number of ether oxygens (including phenoxy) is 1. The van der Waals surface area contributed by atoms with Crippen LogP contribution in [0.25, 0.3) is 0 Å². The standard InChI is InChI=1S/C10H10F3O/c1-7(2)8-3-5-9(6-4-8)14-10(11,12)13/h3-7H,1H2,2H3. The van der Waals surface area contributed by atoms with Crippen molar-refractivity contribution in [2.45, 2.75) is 19.2 Å². The van der Waals surface area contributed by atoms with Crippen LogP contribution in [0.3, 0.4) is 0 Å². The molecule has 0 amide bonds. The average molecular weight is 203 g/mol. The van der Waals surface area contributed by atoms with Gasteiger partial charge >= 0.3 is 6.36 Å². The molecule has 14 heavy (non-hydrogen) atoms. The van der Waals surface area contributed by atoms with Crippen LogP contribution in [0, 0.1) is 6.92 Å². The summed E-state index contributed by atoms with van der Waals surface area (Å²) in [5.41, 5.74) is 0.875. The Kier molecular flexibility index (Phi) is 3.03. The van der Waals surface area contributed by atoms with E-state index in [0.29, 0.717) is 0 Å². The molecule has 0 fully saturated rings. The molecule has 1 radical (unpaired) electrons. The summed E-state index contributed by atoms with van der Waals surface area (Å²) >= 11 is 0. The zero-order valence-electron chi connectivity index (χ0n) is 7.64. The number of alkyl halides is 3. The molecule has 1 nitrogen and oxygen atoms in total. The minimum Gasteiger partial charge on any atom is -0.406 e. The molecule has 1 atom stereocenters. The third-order valence-corrected chi connectivity index (χ3v) is 1.68. The van der Waals surface area contributed by atoms with Gasteiger partial charge in [0, 0.05) is 0 Å². The van der Waals surface area contributed by atoms with Gasteiger partial charge in [0.05, 0.1) is 0 Å². The molecule has 77 valence electrons. The van der Waals surface area contributed by atoms with E-state index in [9.17, 15) is 13.2 Å². The van der Waals surface area contributed by atoms with E-state index in [0.717, 1.165) is 5.56 Å². The highest BCUT2D eigenvalue weighted by Gasteiger charge is 2.30. The molecular formula is C10H10F3O. The van der Waals surface area contributed by atoms with Crippen LogP contribution >= 0.6 is 0 Å². The monoisotopic (exact) mass is 203 g/mol. The Morgan fingerprint density at radius 2 is 1.71 bits per heavy atom. The molecule has 1 aromatic carbocycles. The second-order valence-corrected chi connectivity index (χ2v) is 3.02. The number of hydrogen-bond acceptors (Lipinski definition) is 1. The summed E-state index contributed by atoms with van der Waals surface area (Å²) in [6.45, 7) is 5.61. The molecule has 0 saturated carbocycles. The Balaban J connectivity index is 2.74. The van der Waals surface area contributed by atoms with Crippen molar-refractivity contribution < 1.29 is 17.9 Å². The minimum atomic E-state index is -4.63. The number of rotatable bonds is 2. The van der Waals surface area contributed by atoms with Crippen LogP contribution < -0.4 is 4.74 Å². The fourth-order valence-electron chi connectivity index (χ4n) is 0.998. The Morgan fingerprint density at radius 3 is 2.07 bits per heavy atom. The normalized spacial score (nSPS) is 11.9. The Hall–Kier alpha value is -1.19. The zero-order chi connectivity index (χ0) is 10.8. The first-order valence-corrected chi connectivity index (χ1v) is 4.07. The lowest BCUT2D eigenvalue weighted by Gasteiger charge is -2.10. The van der Waals surface area contributed by atoms with Gasteiger partial charge in [0.25, 0.3) is 0 Å². The van der Waals surface area contributed by atoms with Gasteiger partial charge in [-0.3, -0.25) is 0 Å². The van der Waals surface area contributed by atoms with E-state index >= 15 is 0 Å². The summed E-state index contributed by atoms with van der Waals surface area (Å²) in [6.07, 6.45) is -4.63. The topological polar surface area (TPSA) is 9.23 Å². The maximum absolute atomic E-state index is 11.8. The van der Waals surface area contributed by atoms with Crippen molar-refractivity contribution in [3.8, 4) is 5.75 Å². The highest BCUT2D eigenvalue weighted by atomic mass is 19.4. The zero-order valence-corrected chi connectivity index (χ0v) is 7.64. The van der Waals surface area contributed by atoms with Gasteiger partial charge in [0.15, 0.2) is 0 Å². The van der Waals surface area contributed by atoms with Crippen molar-refractivity contribution in [3.05, 3.63) is 36.8 Å². The van der Waals surface area contributed by atoms with Crippen molar-refractivity contribution in [2.24, 2.45) is 0 Å². The molecule has 0 heterocycles. The van der Waals surface area contributed by atoms with Crippen molar-refractivity contribution in [2.75, 3.05) is 0 Å². The lowest BCUT2D eigenvalue weighted by atomic mass is 10.0. The molecule has 0 spiro atoms. The first-order valence-electron chi connectivity index (χ1n) is 4.07. The summed E-state index contributed by atoms with van der Waals surface area (Å²) in [5.74, 6) is -0.156. The fraction of sp³-hybridized carbons (Fsp3) is 0.300. The second kappa shape index (κ2) is 3.90. The van der Waals surface area contributed by atoms with Gasteiger partial charge in [-0.1, -0.05) is 19.1 Å². The van der Waals surface area contributed by atoms with Gasteiger partial charge in [-0.05, 0) is 30.5 Å². The molecule has 1 aromatic rings. The average Bonchev–Trinajstić information content (AvgIpc) is 2.02. The quantitative estimate of drug-likeness (QED) is 0.714. The van der Waals surface area contributed by atoms with Crippen molar-refractivity contribution >= 4 is 0 Å². The highest BCUT2D eigenvalue weighted by molar-refractivity contribution is 5.29. The molecule has 0 N–H and O–H groups in total. The molecular weight excluding hydrogens is 193 g/mol. The van der Waals surface area contributed by atoms with Gasteiger partial charge < -0.3 is 4.74 Å². The fourth-order valence-corrected chi connectivity index (χ4v) is 0.998. The Morgan fingerprint density at radius 1 is 1.21 bits per heavy atom. The van der Waals surface area contributed by atoms with E-state index in [1.54, 1.807) is 12.1 Å². The molecule has 4 heteroatoms. The Labute approximate surface area is 80.5 Å². The predicted molar refractivity (Wildman–Crippen MR) is 46.9 cm³/mol. The largest absolute Gasteiger partial charge is 0.573 e. The SMILES string of the molecule is [CH2]C(C)c1ccc(OC(F)(F)F)cc1.